The summed E-state index contributed by atoms with van der Waals surface area (Å²) >= 11 is 0. The standard InChI is InChI=1S/C15H21N3O4/c1-18-13(21)7-12(14(18)10-3-2-5-16-8-10)15(22)17-11(9-20)4-6-19/h2-3,5,8,11-12,14,19-20H,4,6-7,9H2,1H3,(H,17,22)/t11-,12-,14+/m1/s1. The summed E-state index contributed by atoms with van der Waals surface area (Å²) in [7, 11) is 1.67. The average Bonchev–Trinajstić information content (AvgIpc) is 2.83. The summed E-state index contributed by atoms with van der Waals surface area (Å²) in [5, 5.41) is 20.9. The van der Waals surface area contributed by atoms with E-state index in [0.717, 1.165) is 5.56 Å². The molecule has 1 aromatic rings. The summed E-state index contributed by atoms with van der Waals surface area (Å²) in [5.41, 5.74) is 0.804. The molecule has 0 unspecified atom stereocenters. The van der Waals surface area contributed by atoms with Crippen molar-refractivity contribution in [2.45, 2.75) is 24.9 Å². The van der Waals surface area contributed by atoms with Crippen molar-refractivity contribution in [1.29, 1.82) is 0 Å². The number of aromatic nitrogens is 1. The van der Waals surface area contributed by atoms with Gasteiger partial charge in [0.2, 0.25) is 11.8 Å². The Morgan fingerprint density at radius 1 is 1.55 bits per heavy atom. The molecule has 1 aromatic heterocycles. The highest BCUT2D eigenvalue weighted by Gasteiger charge is 2.43. The van der Waals surface area contributed by atoms with Gasteiger partial charge >= 0.3 is 0 Å². The quantitative estimate of drug-likeness (QED) is 0.655. The zero-order valence-electron chi connectivity index (χ0n) is 12.5. The van der Waals surface area contributed by atoms with E-state index in [2.05, 4.69) is 10.3 Å². The predicted octanol–water partition coefficient (Wildman–Crippen LogP) is -0.539. The molecular weight excluding hydrogens is 286 g/mol. The third-order valence-corrected chi connectivity index (χ3v) is 3.99. The summed E-state index contributed by atoms with van der Waals surface area (Å²) in [6.07, 6.45) is 3.69. The van der Waals surface area contributed by atoms with Crippen LogP contribution in [0, 0.1) is 5.92 Å². The highest BCUT2D eigenvalue weighted by molar-refractivity contribution is 5.90. The Kier molecular flexibility index (Phi) is 5.46. The van der Waals surface area contributed by atoms with Crippen LogP contribution in [-0.4, -0.2) is 58.2 Å². The summed E-state index contributed by atoms with van der Waals surface area (Å²) in [6, 6.07) is 2.73. The number of nitrogens with one attached hydrogen (secondary N) is 1. The number of aliphatic hydroxyl groups is 2. The van der Waals surface area contributed by atoms with E-state index < -0.39 is 12.0 Å². The van der Waals surface area contributed by atoms with Crippen LogP contribution in [0.25, 0.3) is 0 Å². The van der Waals surface area contributed by atoms with Gasteiger partial charge in [0.05, 0.1) is 24.6 Å². The largest absolute Gasteiger partial charge is 0.396 e. The summed E-state index contributed by atoms with van der Waals surface area (Å²) in [5.74, 6) is -0.926. The van der Waals surface area contributed by atoms with Gasteiger partial charge in [-0.2, -0.15) is 0 Å². The zero-order valence-corrected chi connectivity index (χ0v) is 12.5. The molecule has 3 N–H and O–H groups in total. The van der Waals surface area contributed by atoms with Gasteiger partial charge in [0.15, 0.2) is 0 Å². The maximum Gasteiger partial charge on any atom is 0.226 e. The van der Waals surface area contributed by atoms with Crippen LogP contribution in [-0.2, 0) is 9.59 Å². The van der Waals surface area contributed by atoms with Crippen LogP contribution >= 0.6 is 0 Å². The lowest BCUT2D eigenvalue weighted by molar-refractivity contribution is -0.128. The van der Waals surface area contributed by atoms with Crippen molar-refractivity contribution in [2.24, 2.45) is 5.92 Å². The highest BCUT2D eigenvalue weighted by Crippen LogP contribution is 2.36. The van der Waals surface area contributed by atoms with Crippen LogP contribution < -0.4 is 5.32 Å². The Bertz CT molecular complexity index is 523. The van der Waals surface area contributed by atoms with E-state index in [-0.39, 0.29) is 43.9 Å². The first kappa shape index (κ1) is 16.4. The van der Waals surface area contributed by atoms with E-state index in [0.29, 0.717) is 0 Å². The lowest BCUT2D eigenvalue weighted by Crippen LogP contribution is -2.42. The molecule has 0 spiro atoms. The smallest absolute Gasteiger partial charge is 0.226 e. The van der Waals surface area contributed by atoms with Gasteiger partial charge in [-0.1, -0.05) is 6.07 Å². The molecule has 7 nitrogen and oxygen atoms in total. The molecule has 1 aliphatic rings. The monoisotopic (exact) mass is 307 g/mol. The summed E-state index contributed by atoms with van der Waals surface area (Å²) in [4.78, 5) is 30.1. The molecule has 120 valence electrons. The third-order valence-electron chi connectivity index (χ3n) is 3.99. The number of pyridine rings is 1. The Balaban J connectivity index is 2.17. The van der Waals surface area contributed by atoms with Crippen LogP contribution in [0.2, 0.25) is 0 Å². The summed E-state index contributed by atoms with van der Waals surface area (Å²) in [6.45, 7) is -0.374. The second-order valence-corrected chi connectivity index (χ2v) is 5.45. The number of rotatable bonds is 6. The molecule has 2 rings (SSSR count). The Morgan fingerprint density at radius 3 is 2.91 bits per heavy atom. The van der Waals surface area contributed by atoms with Crippen molar-refractivity contribution in [3.8, 4) is 0 Å². The fraction of sp³-hybridized carbons (Fsp3) is 0.533. The van der Waals surface area contributed by atoms with Gasteiger partial charge < -0.3 is 20.4 Å². The molecule has 0 bridgehead atoms. The third kappa shape index (κ3) is 3.42. The number of aliphatic hydroxyl groups excluding tert-OH is 2. The Morgan fingerprint density at radius 2 is 2.32 bits per heavy atom. The zero-order chi connectivity index (χ0) is 16.1. The second-order valence-electron chi connectivity index (χ2n) is 5.45. The average molecular weight is 307 g/mol. The fourth-order valence-electron chi connectivity index (χ4n) is 2.78. The topological polar surface area (TPSA) is 103 Å². The van der Waals surface area contributed by atoms with Crippen molar-refractivity contribution in [3.05, 3.63) is 30.1 Å². The first-order valence-corrected chi connectivity index (χ1v) is 7.26. The van der Waals surface area contributed by atoms with E-state index in [1.807, 2.05) is 6.07 Å². The maximum absolute atomic E-state index is 12.5. The predicted molar refractivity (Wildman–Crippen MR) is 78.6 cm³/mol. The number of hydrogen-bond acceptors (Lipinski definition) is 5. The highest BCUT2D eigenvalue weighted by atomic mass is 16.3. The molecule has 2 heterocycles. The number of likely N-dealkylation sites (tertiary alicyclic amines) is 1. The first-order valence-electron chi connectivity index (χ1n) is 7.26. The molecule has 0 aliphatic carbocycles. The van der Waals surface area contributed by atoms with Crippen LogP contribution in [0.1, 0.15) is 24.4 Å². The van der Waals surface area contributed by atoms with Gasteiger partial charge in [-0.15, -0.1) is 0 Å². The molecule has 1 saturated heterocycles. The van der Waals surface area contributed by atoms with E-state index >= 15 is 0 Å². The summed E-state index contributed by atoms with van der Waals surface area (Å²) < 4.78 is 0. The lowest BCUT2D eigenvalue weighted by Gasteiger charge is -2.26. The fourth-order valence-corrected chi connectivity index (χ4v) is 2.78. The molecule has 1 aliphatic heterocycles. The number of carbonyl (C=O) groups is 2. The van der Waals surface area contributed by atoms with Gasteiger partial charge in [0.25, 0.3) is 0 Å². The van der Waals surface area contributed by atoms with Crippen molar-refractivity contribution >= 4 is 11.8 Å². The number of hydrogen-bond donors (Lipinski definition) is 3. The number of nitrogens with zero attached hydrogens (tertiary/aromatic N) is 2. The Labute approximate surface area is 129 Å². The number of carbonyl (C=O) groups excluding carboxylic acids is 2. The molecule has 0 saturated carbocycles. The molecule has 2 amide bonds. The lowest BCUT2D eigenvalue weighted by atomic mass is 9.93. The van der Waals surface area contributed by atoms with E-state index in [9.17, 15) is 14.7 Å². The molecule has 7 heteroatoms. The van der Waals surface area contributed by atoms with E-state index in [4.69, 9.17) is 5.11 Å². The minimum absolute atomic E-state index is 0.100. The normalized spacial score (nSPS) is 22.7. The van der Waals surface area contributed by atoms with Crippen LogP contribution in [0.4, 0.5) is 0 Å². The van der Waals surface area contributed by atoms with E-state index in [1.54, 1.807) is 30.4 Å². The van der Waals surface area contributed by atoms with Gasteiger partial charge in [-0.25, -0.2) is 0 Å². The molecule has 3 atom stereocenters. The molecule has 0 aromatic carbocycles. The van der Waals surface area contributed by atoms with Gasteiger partial charge in [0.1, 0.15) is 0 Å². The molecule has 0 radical (unpaired) electrons. The SMILES string of the molecule is CN1C(=O)C[C@@H](C(=O)N[C@@H](CO)CCO)[C@@H]1c1cccnc1. The second kappa shape index (κ2) is 7.33. The van der Waals surface area contributed by atoms with Gasteiger partial charge in [0, 0.05) is 32.5 Å². The van der Waals surface area contributed by atoms with Crippen molar-refractivity contribution < 1.29 is 19.8 Å². The maximum atomic E-state index is 12.5. The van der Waals surface area contributed by atoms with Crippen molar-refractivity contribution in [1.82, 2.24) is 15.2 Å². The molecule has 1 fully saturated rings. The van der Waals surface area contributed by atoms with Gasteiger partial charge in [-0.3, -0.25) is 14.6 Å². The number of amides is 2. The van der Waals surface area contributed by atoms with Crippen molar-refractivity contribution in [2.75, 3.05) is 20.3 Å². The first-order chi connectivity index (χ1) is 10.6. The van der Waals surface area contributed by atoms with E-state index in [1.165, 1.54) is 0 Å². The minimum Gasteiger partial charge on any atom is -0.396 e. The van der Waals surface area contributed by atoms with Crippen LogP contribution in [0.3, 0.4) is 0 Å². The Hall–Kier alpha value is -1.99. The van der Waals surface area contributed by atoms with Crippen LogP contribution in [0.15, 0.2) is 24.5 Å². The van der Waals surface area contributed by atoms with Gasteiger partial charge in [-0.05, 0) is 18.1 Å². The van der Waals surface area contributed by atoms with Crippen LogP contribution in [0.5, 0.6) is 0 Å². The molecule has 22 heavy (non-hydrogen) atoms. The minimum atomic E-state index is -0.533. The van der Waals surface area contributed by atoms with Crippen molar-refractivity contribution in [3.63, 3.8) is 0 Å². The molecular formula is C15H21N3O4.